The second-order valence-electron chi connectivity index (χ2n) is 2.22. The monoisotopic (exact) mass is 201 g/mol. The van der Waals surface area contributed by atoms with Gasteiger partial charge in [-0.05, 0) is 12.1 Å². The molecular formula is C7H8ClN3O2. The first kappa shape index (κ1) is 9.60. The van der Waals surface area contributed by atoms with E-state index in [-0.39, 0.29) is 5.88 Å². The van der Waals surface area contributed by atoms with Crippen LogP contribution in [0.15, 0.2) is 18.3 Å². The van der Waals surface area contributed by atoms with Crippen molar-refractivity contribution >= 4 is 23.4 Å². The van der Waals surface area contributed by atoms with E-state index in [4.69, 9.17) is 11.6 Å². The van der Waals surface area contributed by atoms with Gasteiger partial charge >= 0.3 is 0 Å². The normalized spacial score (nSPS) is 9.31. The van der Waals surface area contributed by atoms with E-state index in [9.17, 15) is 9.59 Å². The number of carbonyl (C=O) groups excluding carboxylic acids is 2. The standard InChI is InChI=1S/C7H8ClN3O2/c8-4-6(12)10-11-7(13)5-2-1-3-9-5/h1-3,9H,4H2,(H,10,12)(H,11,13). The van der Waals surface area contributed by atoms with Gasteiger partial charge < -0.3 is 4.98 Å². The lowest BCUT2D eigenvalue weighted by atomic mass is 10.4. The molecule has 0 atom stereocenters. The zero-order valence-corrected chi connectivity index (χ0v) is 7.39. The van der Waals surface area contributed by atoms with Crippen molar-refractivity contribution in [2.45, 2.75) is 0 Å². The molecule has 0 aliphatic heterocycles. The largest absolute Gasteiger partial charge is 0.357 e. The Labute approximate surface area is 79.4 Å². The highest BCUT2D eigenvalue weighted by molar-refractivity contribution is 6.27. The van der Waals surface area contributed by atoms with Crippen LogP contribution in [-0.2, 0) is 4.79 Å². The van der Waals surface area contributed by atoms with Crippen LogP contribution in [0.3, 0.4) is 0 Å². The number of hydrogen-bond donors (Lipinski definition) is 3. The highest BCUT2D eigenvalue weighted by Gasteiger charge is 2.05. The Bertz CT molecular complexity index is 297. The first-order valence-corrected chi connectivity index (χ1v) is 4.06. The maximum atomic E-state index is 11.1. The fourth-order valence-electron chi connectivity index (χ4n) is 0.699. The van der Waals surface area contributed by atoms with Crippen molar-refractivity contribution in [2.24, 2.45) is 0 Å². The predicted octanol–water partition coefficient (Wildman–Crippen LogP) is 0.0145. The summed E-state index contributed by atoms with van der Waals surface area (Å²) < 4.78 is 0. The Morgan fingerprint density at radius 3 is 2.77 bits per heavy atom. The van der Waals surface area contributed by atoms with Crippen LogP contribution in [-0.4, -0.2) is 22.7 Å². The molecule has 1 rings (SSSR count). The molecular weight excluding hydrogens is 194 g/mol. The number of alkyl halides is 1. The second-order valence-corrected chi connectivity index (χ2v) is 2.49. The van der Waals surface area contributed by atoms with Crippen LogP contribution < -0.4 is 10.9 Å². The van der Waals surface area contributed by atoms with E-state index in [2.05, 4.69) is 15.8 Å². The molecule has 1 aromatic heterocycles. The molecule has 1 aromatic rings. The molecule has 0 aliphatic rings. The second kappa shape index (κ2) is 4.51. The summed E-state index contributed by atoms with van der Waals surface area (Å²) in [5.74, 6) is -1.06. The van der Waals surface area contributed by atoms with E-state index in [0.717, 1.165) is 0 Å². The lowest BCUT2D eigenvalue weighted by molar-refractivity contribution is -0.119. The van der Waals surface area contributed by atoms with Crippen LogP contribution in [0.2, 0.25) is 0 Å². The van der Waals surface area contributed by atoms with Crippen molar-refractivity contribution in [3.63, 3.8) is 0 Å². The number of carbonyl (C=O) groups is 2. The van der Waals surface area contributed by atoms with E-state index >= 15 is 0 Å². The average Bonchev–Trinajstić information content (AvgIpc) is 2.66. The molecule has 13 heavy (non-hydrogen) atoms. The van der Waals surface area contributed by atoms with Gasteiger partial charge in [0.15, 0.2) is 0 Å². The lowest BCUT2D eigenvalue weighted by Gasteiger charge is -2.03. The minimum Gasteiger partial charge on any atom is -0.357 e. The quantitative estimate of drug-likeness (QED) is 0.466. The van der Waals surface area contributed by atoms with Gasteiger partial charge in [-0.1, -0.05) is 0 Å². The summed E-state index contributed by atoms with van der Waals surface area (Å²) in [5, 5.41) is 0. The Morgan fingerprint density at radius 2 is 2.23 bits per heavy atom. The zero-order chi connectivity index (χ0) is 9.68. The third kappa shape index (κ3) is 2.79. The Hall–Kier alpha value is -1.49. The number of hydrazine groups is 1. The average molecular weight is 202 g/mol. The Balaban J connectivity index is 2.39. The van der Waals surface area contributed by atoms with Gasteiger partial charge in [0.2, 0.25) is 0 Å². The molecule has 3 N–H and O–H groups in total. The number of amides is 2. The van der Waals surface area contributed by atoms with Crippen molar-refractivity contribution in [2.75, 3.05) is 5.88 Å². The molecule has 0 saturated heterocycles. The summed E-state index contributed by atoms with van der Waals surface area (Å²) in [7, 11) is 0. The summed E-state index contributed by atoms with van der Waals surface area (Å²) >= 11 is 5.19. The highest BCUT2D eigenvalue weighted by Crippen LogP contribution is 1.92. The summed E-state index contributed by atoms with van der Waals surface area (Å²) in [6, 6.07) is 3.26. The third-order valence-electron chi connectivity index (χ3n) is 1.28. The number of nitrogens with one attached hydrogen (secondary N) is 3. The third-order valence-corrected chi connectivity index (χ3v) is 1.52. The molecule has 1 heterocycles. The van der Waals surface area contributed by atoms with Gasteiger partial charge in [0, 0.05) is 6.20 Å². The van der Waals surface area contributed by atoms with Gasteiger partial charge in [-0.15, -0.1) is 11.6 Å². The van der Waals surface area contributed by atoms with Crippen LogP contribution >= 0.6 is 11.6 Å². The van der Waals surface area contributed by atoms with Crippen molar-refractivity contribution in [3.8, 4) is 0 Å². The topological polar surface area (TPSA) is 74.0 Å². The van der Waals surface area contributed by atoms with Crippen molar-refractivity contribution in [1.29, 1.82) is 0 Å². The maximum absolute atomic E-state index is 11.1. The van der Waals surface area contributed by atoms with Gasteiger partial charge in [0.1, 0.15) is 11.6 Å². The molecule has 70 valence electrons. The van der Waals surface area contributed by atoms with Crippen LogP contribution in [0.1, 0.15) is 10.5 Å². The molecule has 0 spiro atoms. The van der Waals surface area contributed by atoms with Crippen molar-refractivity contribution in [3.05, 3.63) is 24.0 Å². The molecule has 2 amide bonds. The Morgan fingerprint density at radius 1 is 1.46 bits per heavy atom. The number of aromatic amines is 1. The van der Waals surface area contributed by atoms with Gasteiger partial charge in [0.25, 0.3) is 11.8 Å². The first-order valence-electron chi connectivity index (χ1n) is 3.52. The van der Waals surface area contributed by atoms with Crippen LogP contribution in [0, 0.1) is 0 Å². The number of rotatable bonds is 2. The van der Waals surface area contributed by atoms with E-state index in [1.807, 2.05) is 0 Å². The van der Waals surface area contributed by atoms with Crippen LogP contribution in [0.5, 0.6) is 0 Å². The van der Waals surface area contributed by atoms with Gasteiger partial charge in [-0.2, -0.15) is 0 Å². The van der Waals surface area contributed by atoms with Crippen LogP contribution in [0.25, 0.3) is 0 Å². The molecule has 0 saturated carbocycles. The van der Waals surface area contributed by atoms with E-state index in [1.54, 1.807) is 18.3 Å². The fraction of sp³-hybridized carbons (Fsp3) is 0.143. The molecule has 0 fully saturated rings. The maximum Gasteiger partial charge on any atom is 0.286 e. The van der Waals surface area contributed by atoms with Gasteiger partial charge in [-0.3, -0.25) is 20.4 Å². The SMILES string of the molecule is O=C(CCl)NNC(=O)c1ccc[nH]1. The molecule has 6 heteroatoms. The minimum absolute atomic E-state index is 0.189. The fourth-order valence-corrected chi connectivity index (χ4v) is 0.766. The van der Waals surface area contributed by atoms with E-state index < -0.39 is 11.8 Å². The number of H-pyrrole nitrogens is 1. The summed E-state index contributed by atoms with van der Waals surface area (Å²) in [6.45, 7) is 0. The number of halogens is 1. The highest BCUT2D eigenvalue weighted by atomic mass is 35.5. The lowest BCUT2D eigenvalue weighted by Crippen LogP contribution is -2.42. The zero-order valence-electron chi connectivity index (χ0n) is 6.63. The minimum atomic E-state index is -0.457. The molecule has 5 nitrogen and oxygen atoms in total. The number of aromatic nitrogens is 1. The molecule has 0 aliphatic carbocycles. The van der Waals surface area contributed by atoms with Gasteiger partial charge in [0.05, 0.1) is 0 Å². The summed E-state index contributed by atoms with van der Waals surface area (Å²) in [6.07, 6.45) is 1.61. The van der Waals surface area contributed by atoms with Gasteiger partial charge in [-0.25, -0.2) is 0 Å². The first-order chi connectivity index (χ1) is 6.24. The summed E-state index contributed by atoms with van der Waals surface area (Å²) in [4.78, 5) is 24.4. The van der Waals surface area contributed by atoms with Crippen LogP contribution in [0.4, 0.5) is 0 Å². The Kier molecular flexibility index (Phi) is 3.33. The molecule has 0 unspecified atom stereocenters. The van der Waals surface area contributed by atoms with E-state index in [0.29, 0.717) is 5.69 Å². The molecule has 0 radical (unpaired) electrons. The molecule has 0 aromatic carbocycles. The number of hydrogen-bond acceptors (Lipinski definition) is 2. The molecule has 0 bridgehead atoms. The van der Waals surface area contributed by atoms with E-state index in [1.165, 1.54) is 0 Å². The summed E-state index contributed by atoms with van der Waals surface area (Å²) in [5.41, 5.74) is 4.68. The predicted molar refractivity (Wildman–Crippen MR) is 47.1 cm³/mol. The van der Waals surface area contributed by atoms with Crippen molar-refractivity contribution in [1.82, 2.24) is 15.8 Å². The van der Waals surface area contributed by atoms with Crippen molar-refractivity contribution < 1.29 is 9.59 Å². The smallest absolute Gasteiger partial charge is 0.286 e.